The first-order valence-corrected chi connectivity index (χ1v) is 8.63. The number of thiophene rings is 1. The van der Waals surface area contributed by atoms with Crippen LogP contribution in [0.4, 0.5) is 11.4 Å². The molecule has 1 aliphatic rings. The molecule has 122 valence electrons. The van der Waals surface area contributed by atoms with Gasteiger partial charge in [0.15, 0.2) is 0 Å². The Morgan fingerprint density at radius 1 is 1.35 bits per heavy atom. The Balaban J connectivity index is 1.86. The normalized spacial score (nSPS) is 15.9. The van der Waals surface area contributed by atoms with Crippen LogP contribution in [0.5, 0.6) is 0 Å². The molecule has 0 radical (unpaired) electrons. The smallest absolute Gasteiger partial charge is 0.337 e. The van der Waals surface area contributed by atoms with Gasteiger partial charge in [-0.1, -0.05) is 13.8 Å². The Hall–Kier alpha value is -2.01. The molecule has 1 heterocycles. The molecule has 2 aromatic rings. The second-order valence-electron chi connectivity index (χ2n) is 6.92. The van der Waals surface area contributed by atoms with Crippen molar-refractivity contribution in [1.29, 1.82) is 0 Å². The number of anilines is 2. The molecule has 1 aromatic heterocycles. The van der Waals surface area contributed by atoms with Crippen LogP contribution in [0, 0.1) is 5.41 Å². The standard InChI is InChI=1S/C18H22N2O2S/c1-18(2)8-7-14-13(9-18)16(17(21)22)15(23-14)10-20-12-5-3-11(19)4-6-12/h3-6,20H,7-10,19H2,1-2H3,(H,21,22). The third-order valence-corrected chi connectivity index (χ3v) is 5.72. The number of nitrogen functional groups attached to an aromatic ring is 1. The quantitative estimate of drug-likeness (QED) is 0.736. The van der Waals surface area contributed by atoms with Crippen molar-refractivity contribution >= 4 is 28.7 Å². The maximum atomic E-state index is 11.8. The number of nitrogens with two attached hydrogens (primary N) is 1. The zero-order valence-corrected chi connectivity index (χ0v) is 14.3. The van der Waals surface area contributed by atoms with E-state index in [0.717, 1.165) is 41.1 Å². The molecule has 0 bridgehead atoms. The van der Waals surface area contributed by atoms with Crippen LogP contribution in [0.25, 0.3) is 0 Å². The second kappa shape index (κ2) is 5.89. The highest BCUT2D eigenvalue weighted by Gasteiger charge is 2.32. The van der Waals surface area contributed by atoms with Gasteiger partial charge in [-0.3, -0.25) is 0 Å². The lowest BCUT2D eigenvalue weighted by Crippen LogP contribution is -2.22. The summed E-state index contributed by atoms with van der Waals surface area (Å²) in [5, 5.41) is 13.0. The fourth-order valence-corrected chi connectivity index (χ4v) is 4.39. The Labute approximate surface area is 140 Å². The molecule has 4 nitrogen and oxygen atoms in total. The first-order chi connectivity index (χ1) is 10.9. The van der Waals surface area contributed by atoms with Crippen molar-refractivity contribution in [2.75, 3.05) is 11.1 Å². The van der Waals surface area contributed by atoms with Gasteiger partial charge in [0.2, 0.25) is 0 Å². The summed E-state index contributed by atoms with van der Waals surface area (Å²) < 4.78 is 0. The SMILES string of the molecule is CC1(C)CCc2sc(CNc3ccc(N)cc3)c(C(=O)O)c2C1. The Morgan fingerprint density at radius 2 is 2.04 bits per heavy atom. The van der Waals surface area contributed by atoms with Crippen LogP contribution in [0.15, 0.2) is 24.3 Å². The van der Waals surface area contributed by atoms with Crippen LogP contribution in [-0.4, -0.2) is 11.1 Å². The summed E-state index contributed by atoms with van der Waals surface area (Å²) in [6.45, 7) is 4.96. The van der Waals surface area contributed by atoms with E-state index in [1.165, 1.54) is 4.88 Å². The van der Waals surface area contributed by atoms with Gasteiger partial charge < -0.3 is 16.2 Å². The van der Waals surface area contributed by atoms with Crippen LogP contribution in [-0.2, 0) is 19.4 Å². The fourth-order valence-electron chi connectivity index (χ4n) is 3.13. The number of fused-ring (bicyclic) bond motifs is 1. The molecule has 4 N–H and O–H groups in total. The maximum Gasteiger partial charge on any atom is 0.337 e. The van der Waals surface area contributed by atoms with E-state index in [4.69, 9.17) is 5.73 Å². The molecule has 0 unspecified atom stereocenters. The Morgan fingerprint density at radius 3 is 2.70 bits per heavy atom. The number of aromatic carboxylic acids is 1. The van der Waals surface area contributed by atoms with Gasteiger partial charge in [0.05, 0.1) is 12.1 Å². The van der Waals surface area contributed by atoms with Gasteiger partial charge in [0.25, 0.3) is 0 Å². The molecule has 0 saturated carbocycles. The van der Waals surface area contributed by atoms with Crippen molar-refractivity contribution < 1.29 is 9.90 Å². The van der Waals surface area contributed by atoms with Gasteiger partial charge in [-0.05, 0) is 54.5 Å². The van der Waals surface area contributed by atoms with E-state index in [2.05, 4.69) is 19.2 Å². The zero-order valence-electron chi connectivity index (χ0n) is 13.5. The highest BCUT2D eigenvalue weighted by atomic mass is 32.1. The average Bonchev–Trinajstić information content (AvgIpc) is 2.83. The van der Waals surface area contributed by atoms with Crippen molar-refractivity contribution in [2.24, 2.45) is 5.41 Å². The molecule has 3 rings (SSSR count). The topological polar surface area (TPSA) is 75.3 Å². The van der Waals surface area contributed by atoms with E-state index in [9.17, 15) is 9.90 Å². The van der Waals surface area contributed by atoms with Crippen molar-refractivity contribution in [3.05, 3.63) is 45.1 Å². The predicted molar refractivity (Wildman–Crippen MR) is 95.3 cm³/mol. The van der Waals surface area contributed by atoms with Crippen LogP contribution in [0.3, 0.4) is 0 Å². The van der Waals surface area contributed by atoms with E-state index in [0.29, 0.717) is 12.1 Å². The summed E-state index contributed by atoms with van der Waals surface area (Å²) in [6.07, 6.45) is 2.95. The van der Waals surface area contributed by atoms with Gasteiger partial charge in [-0.15, -0.1) is 11.3 Å². The van der Waals surface area contributed by atoms with Crippen LogP contribution < -0.4 is 11.1 Å². The lowest BCUT2D eigenvalue weighted by atomic mass is 9.76. The predicted octanol–water partition coefficient (Wildman–Crippen LogP) is 4.16. The van der Waals surface area contributed by atoms with E-state index >= 15 is 0 Å². The molecule has 0 saturated heterocycles. The summed E-state index contributed by atoms with van der Waals surface area (Å²) in [5.74, 6) is -0.811. The number of rotatable bonds is 4. The molecule has 0 amide bonds. The molecule has 1 aromatic carbocycles. The lowest BCUT2D eigenvalue weighted by Gasteiger charge is -2.29. The Bertz CT molecular complexity index is 732. The minimum absolute atomic E-state index is 0.180. The maximum absolute atomic E-state index is 11.8. The van der Waals surface area contributed by atoms with E-state index in [1.54, 1.807) is 11.3 Å². The molecular weight excluding hydrogens is 308 g/mol. The summed E-state index contributed by atoms with van der Waals surface area (Å²) >= 11 is 1.65. The first-order valence-electron chi connectivity index (χ1n) is 7.82. The summed E-state index contributed by atoms with van der Waals surface area (Å²) in [7, 11) is 0. The molecule has 5 heteroatoms. The Kier molecular flexibility index (Phi) is 4.06. The van der Waals surface area contributed by atoms with Crippen molar-refractivity contribution in [2.45, 2.75) is 39.7 Å². The van der Waals surface area contributed by atoms with Crippen LogP contribution >= 0.6 is 11.3 Å². The van der Waals surface area contributed by atoms with Crippen LogP contribution in [0.1, 0.15) is 45.9 Å². The first kappa shape index (κ1) is 15.9. The lowest BCUT2D eigenvalue weighted by molar-refractivity contribution is 0.0694. The van der Waals surface area contributed by atoms with Gasteiger partial charge in [-0.25, -0.2) is 4.79 Å². The molecule has 23 heavy (non-hydrogen) atoms. The summed E-state index contributed by atoms with van der Waals surface area (Å²) in [4.78, 5) is 13.9. The van der Waals surface area contributed by atoms with Gasteiger partial charge >= 0.3 is 5.97 Å². The number of aryl methyl sites for hydroxylation is 1. The number of carboxylic acid groups (broad SMARTS) is 1. The minimum Gasteiger partial charge on any atom is -0.478 e. The average molecular weight is 330 g/mol. The highest BCUT2D eigenvalue weighted by Crippen LogP contribution is 2.41. The molecule has 1 aliphatic carbocycles. The number of benzene rings is 1. The van der Waals surface area contributed by atoms with E-state index < -0.39 is 5.97 Å². The van der Waals surface area contributed by atoms with Gasteiger partial charge in [-0.2, -0.15) is 0 Å². The minimum atomic E-state index is -0.811. The van der Waals surface area contributed by atoms with Crippen molar-refractivity contribution in [3.8, 4) is 0 Å². The molecular formula is C18H22N2O2S. The van der Waals surface area contributed by atoms with E-state index in [1.807, 2.05) is 24.3 Å². The number of nitrogens with one attached hydrogen (secondary N) is 1. The molecule has 0 spiro atoms. The van der Waals surface area contributed by atoms with Crippen molar-refractivity contribution in [1.82, 2.24) is 0 Å². The summed E-state index contributed by atoms with van der Waals surface area (Å²) in [5.41, 5.74) is 9.09. The van der Waals surface area contributed by atoms with Crippen molar-refractivity contribution in [3.63, 3.8) is 0 Å². The van der Waals surface area contributed by atoms with Gasteiger partial charge in [0.1, 0.15) is 0 Å². The third-order valence-electron chi connectivity index (χ3n) is 4.43. The highest BCUT2D eigenvalue weighted by molar-refractivity contribution is 7.12. The summed E-state index contributed by atoms with van der Waals surface area (Å²) in [6, 6.07) is 7.49. The fraction of sp³-hybridized carbons (Fsp3) is 0.389. The van der Waals surface area contributed by atoms with E-state index in [-0.39, 0.29) is 5.41 Å². The third kappa shape index (κ3) is 3.34. The number of hydrogen-bond donors (Lipinski definition) is 3. The monoisotopic (exact) mass is 330 g/mol. The number of carboxylic acids is 1. The molecule has 0 atom stereocenters. The molecule has 0 aliphatic heterocycles. The number of carbonyl (C=O) groups is 1. The largest absolute Gasteiger partial charge is 0.478 e. The molecule has 0 fully saturated rings. The van der Waals surface area contributed by atoms with Crippen LogP contribution in [0.2, 0.25) is 0 Å². The number of hydrogen-bond acceptors (Lipinski definition) is 4. The zero-order chi connectivity index (χ0) is 16.6. The van der Waals surface area contributed by atoms with Gasteiger partial charge in [0, 0.05) is 21.1 Å². The second-order valence-corrected chi connectivity index (χ2v) is 8.11.